The van der Waals surface area contributed by atoms with Crippen molar-refractivity contribution in [3.8, 4) is 0 Å². The van der Waals surface area contributed by atoms with Gasteiger partial charge in [0.1, 0.15) is 5.78 Å². The second-order valence-electron chi connectivity index (χ2n) is 8.08. The van der Waals surface area contributed by atoms with Crippen LogP contribution in [0, 0.1) is 40.9 Å². The number of ketones is 1. The number of carbonyl (C=O) groups is 1. The van der Waals surface area contributed by atoms with Gasteiger partial charge in [-0.15, -0.1) is 0 Å². The van der Waals surface area contributed by atoms with Crippen LogP contribution >= 0.6 is 15.9 Å². The molecule has 6 heteroatoms. The van der Waals surface area contributed by atoms with Gasteiger partial charge < -0.3 is 18.9 Å². The van der Waals surface area contributed by atoms with Crippen LogP contribution in [0.15, 0.2) is 0 Å². The van der Waals surface area contributed by atoms with E-state index in [1.807, 2.05) is 0 Å². The Kier molecular flexibility index (Phi) is 1.68. The third-order valence-corrected chi connectivity index (χ3v) is 9.96. The summed E-state index contributed by atoms with van der Waals surface area (Å²) in [5.74, 6) is 1.01. The Morgan fingerprint density at radius 2 is 1.27 bits per heavy atom. The number of rotatable bonds is 1. The fraction of sp³-hybridized carbons (Fsp3) is 0.938. The zero-order valence-electron chi connectivity index (χ0n) is 12.2. The first-order chi connectivity index (χ1) is 10.6. The Labute approximate surface area is 136 Å². The zero-order chi connectivity index (χ0) is 14.7. The van der Waals surface area contributed by atoms with E-state index < -0.39 is 17.0 Å². The van der Waals surface area contributed by atoms with Gasteiger partial charge in [-0.1, -0.05) is 15.9 Å². The third-order valence-electron chi connectivity index (χ3n) is 8.35. The van der Waals surface area contributed by atoms with Crippen LogP contribution in [0.4, 0.5) is 0 Å². The molecule has 0 aromatic carbocycles. The summed E-state index contributed by atoms with van der Waals surface area (Å²) in [5.41, 5.74) is -0.440. The molecule has 0 radical (unpaired) electrons. The first-order valence-electron chi connectivity index (χ1n) is 8.35. The molecule has 8 aliphatic rings. The molecule has 5 nitrogen and oxygen atoms in total. The average Bonchev–Trinajstić information content (AvgIpc) is 3.23. The lowest BCUT2D eigenvalue weighted by Gasteiger charge is -2.70. The molecule has 2 spiro atoms. The Hall–Kier alpha value is -0.0100. The number of hydrogen-bond donors (Lipinski definition) is 0. The number of hydrogen-bond acceptors (Lipinski definition) is 5. The van der Waals surface area contributed by atoms with Crippen molar-refractivity contribution in [2.45, 2.75) is 22.8 Å². The maximum absolute atomic E-state index is 12.8. The minimum atomic E-state index is -0.700. The molecule has 0 N–H and O–H groups in total. The van der Waals surface area contributed by atoms with Crippen molar-refractivity contribution < 1.29 is 23.7 Å². The summed E-state index contributed by atoms with van der Waals surface area (Å²) >= 11 is 4.05. The molecule has 2 saturated heterocycles. The van der Waals surface area contributed by atoms with Crippen LogP contribution in [0.25, 0.3) is 0 Å². The lowest BCUT2D eigenvalue weighted by molar-refractivity contribution is -0.282. The molecule has 0 aromatic rings. The normalized spacial score (nSPS) is 65.5. The molecular weight excluding hydrogens is 352 g/mol. The highest BCUT2D eigenvalue weighted by Crippen LogP contribution is 3.01. The van der Waals surface area contributed by atoms with Crippen LogP contribution in [-0.2, 0) is 23.7 Å². The largest absolute Gasteiger partial charge is 0.346 e. The van der Waals surface area contributed by atoms with E-state index >= 15 is 0 Å². The van der Waals surface area contributed by atoms with Crippen LogP contribution in [0.3, 0.4) is 0 Å². The maximum atomic E-state index is 12.8. The highest BCUT2D eigenvalue weighted by molar-refractivity contribution is 9.10. The molecule has 22 heavy (non-hydrogen) atoms. The number of carbonyl (C=O) groups excluding carboxylic acids is 1. The molecule has 0 unspecified atom stereocenters. The minimum Gasteiger partial charge on any atom is -0.346 e. The molecule has 0 amide bonds. The Bertz CT molecular complexity index is 653. The Morgan fingerprint density at radius 3 is 1.86 bits per heavy atom. The van der Waals surface area contributed by atoms with Gasteiger partial charge in [0.05, 0.1) is 36.2 Å². The first kappa shape index (κ1) is 12.4. The van der Waals surface area contributed by atoms with E-state index in [1.54, 1.807) is 6.92 Å². The fourth-order valence-corrected chi connectivity index (χ4v) is 10.2. The van der Waals surface area contributed by atoms with E-state index in [-0.39, 0.29) is 21.9 Å². The zero-order valence-corrected chi connectivity index (χ0v) is 13.8. The molecule has 0 aromatic heterocycles. The standard InChI is InChI=1S/C16H17BrO5/c1-6(18)13-7-9-8(13)11-12(15(13)19-2-3-20-15)10(7)14(9,17)16(11)21-4-5-22-16/h7-12H,2-5H2,1H3/t7-,8+,9+,10+,11+,12+,13-,14-/m0/s1. The number of halogens is 1. The van der Waals surface area contributed by atoms with Gasteiger partial charge in [0.25, 0.3) is 0 Å². The minimum absolute atomic E-state index is 0.126. The summed E-state index contributed by atoms with van der Waals surface area (Å²) in [4.78, 5) is 12.8. The van der Waals surface area contributed by atoms with Gasteiger partial charge in [0, 0.05) is 11.8 Å². The highest BCUT2D eigenvalue weighted by Gasteiger charge is 3.09. The van der Waals surface area contributed by atoms with Crippen molar-refractivity contribution in [3.63, 3.8) is 0 Å². The van der Waals surface area contributed by atoms with Crippen molar-refractivity contribution in [1.82, 2.24) is 0 Å². The van der Waals surface area contributed by atoms with E-state index in [4.69, 9.17) is 18.9 Å². The van der Waals surface area contributed by atoms with Crippen molar-refractivity contribution in [1.29, 1.82) is 0 Å². The monoisotopic (exact) mass is 368 g/mol. The average molecular weight is 369 g/mol. The summed E-state index contributed by atoms with van der Waals surface area (Å²) in [7, 11) is 0. The number of Topliss-reactive ketones (excluding diaryl/α,β-unsaturated/α-hetero) is 1. The maximum Gasteiger partial charge on any atom is 0.188 e. The predicted octanol–water partition coefficient (Wildman–Crippen LogP) is 0.947. The van der Waals surface area contributed by atoms with Gasteiger partial charge >= 0.3 is 0 Å². The smallest absolute Gasteiger partial charge is 0.188 e. The summed E-state index contributed by atoms with van der Waals surface area (Å²) in [6.07, 6.45) is 0. The summed E-state index contributed by atoms with van der Waals surface area (Å²) in [6, 6.07) is 0. The molecule has 8 fully saturated rings. The molecule has 8 rings (SSSR count). The van der Waals surface area contributed by atoms with E-state index in [9.17, 15) is 4.79 Å². The first-order valence-corrected chi connectivity index (χ1v) is 9.14. The molecule has 8 atom stereocenters. The molecule has 2 heterocycles. The van der Waals surface area contributed by atoms with E-state index in [0.717, 1.165) is 0 Å². The quantitative estimate of drug-likeness (QED) is 0.645. The lowest BCUT2D eigenvalue weighted by Crippen LogP contribution is -2.77. The third kappa shape index (κ3) is 0.693. The number of ether oxygens (including phenoxy) is 4. The van der Waals surface area contributed by atoms with Gasteiger partial charge in [-0.2, -0.15) is 0 Å². The highest BCUT2D eigenvalue weighted by atomic mass is 79.9. The molecule has 2 aliphatic heterocycles. The second-order valence-corrected chi connectivity index (χ2v) is 9.39. The fourth-order valence-electron chi connectivity index (χ4n) is 8.55. The van der Waals surface area contributed by atoms with Crippen molar-refractivity contribution in [3.05, 3.63) is 0 Å². The Balaban J connectivity index is 1.54. The molecular formula is C16H17BrO5. The topological polar surface area (TPSA) is 54.0 Å². The van der Waals surface area contributed by atoms with E-state index in [0.29, 0.717) is 50.1 Å². The van der Waals surface area contributed by atoms with Crippen LogP contribution in [0.1, 0.15) is 6.92 Å². The van der Waals surface area contributed by atoms with Crippen LogP contribution in [-0.4, -0.2) is 48.1 Å². The van der Waals surface area contributed by atoms with Gasteiger partial charge in [0.2, 0.25) is 0 Å². The van der Waals surface area contributed by atoms with Gasteiger partial charge in [0.15, 0.2) is 11.6 Å². The number of alkyl halides is 1. The SMILES string of the molecule is CC(=O)[C@]12[C@H]3[C@@H]4[C@@H]1[C@@H]1[C@@H]([C@@H]3[C@]4(Br)C13OCCO3)C21OCCO1. The van der Waals surface area contributed by atoms with Crippen molar-refractivity contribution >= 4 is 21.7 Å². The van der Waals surface area contributed by atoms with Crippen LogP contribution in [0.2, 0.25) is 0 Å². The van der Waals surface area contributed by atoms with Gasteiger partial charge in [-0.25, -0.2) is 0 Å². The molecule has 6 saturated carbocycles. The Morgan fingerprint density at radius 1 is 0.818 bits per heavy atom. The van der Waals surface area contributed by atoms with Crippen LogP contribution < -0.4 is 0 Å². The van der Waals surface area contributed by atoms with E-state index in [2.05, 4.69) is 15.9 Å². The summed E-state index contributed by atoms with van der Waals surface area (Å²) < 4.78 is 24.8. The lowest BCUT2D eigenvalue weighted by atomic mass is 9.34. The van der Waals surface area contributed by atoms with Gasteiger partial charge in [-0.05, 0) is 30.6 Å². The predicted molar refractivity (Wildman–Crippen MR) is 75.0 cm³/mol. The molecule has 118 valence electrons. The van der Waals surface area contributed by atoms with Crippen LogP contribution in [0.5, 0.6) is 0 Å². The van der Waals surface area contributed by atoms with E-state index in [1.165, 1.54) is 0 Å². The summed E-state index contributed by atoms with van der Waals surface area (Å²) in [5, 5.41) is 0. The summed E-state index contributed by atoms with van der Waals surface area (Å²) in [6.45, 7) is 4.23. The molecule has 6 aliphatic carbocycles. The van der Waals surface area contributed by atoms with Gasteiger partial charge in [-0.3, -0.25) is 4.79 Å². The van der Waals surface area contributed by atoms with Crippen molar-refractivity contribution in [2.24, 2.45) is 40.9 Å². The second kappa shape index (κ2) is 2.99. The molecule has 4 bridgehead atoms. The van der Waals surface area contributed by atoms with Crippen molar-refractivity contribution in [2.75, 3.05) is 26.4 Å².